The Labute approximate surface area is 174 Å². The molecule has 1 aromatic heterocycles. The molecule has 1 saturated heterocycles. The lowest BCUT2D eigenvalue weighted by Gasteiger charge is -2.26. The van der Waals surface area contributed by atoms with Gasteiger partial charge in [-0.3, -0.25) is 0 Å². The van der Waals surface area contributed by atoms with Crippen molar-refractivity contribution < 1.29 is 18.1 Å². The van der Waals surface area contributed by atoms with E-state index in [-0.39, 0.29) is 11.9 Å². The Kier molecular flexibility index (Phi) is 5.57. The van der Waals surface area contributed by atoms with Crippen LogP contribution in [0.15, 0.2) is 41.0 Å². The molecule has 0 spiro atoms. The van der Waals surface area contributed by atoms with Gasteiger partial charge in [0.15, 0.2) is 0 Å². The van der Waals surface area contributed by atoms with Crippen LogP contribution in [0.4, 0.5) is 21.6 Å². The van der Waals surface area contributed by atoms with Crippen LogP contribution in [0.3, 0.4) is 0 Å². The average molecular weight is 431 g/mol. The van der Waals surface area contributed by atoms with Crippen LogP contribution in [0, 0.1) is 12.7 Å². The van der Waals surface area contributed by atoms with Crippen LogP contribution in [-0.4, -0.2) is 46.0 Å². The predicted octanol–water partition coefficient (Wildman–Crippen LogP) is 4.35. The average Bonchev–Trinajstić information content (AvgIpc) is 2.61. The largest absolute Gasteiger partial charge is 0.489 e. The maximum Gasteiger partial charge on any atom is 0.145 e. The summed E-state index contributed by atoms with van der Waals surface area (Å²) in [6, 6.07) is 7.94. The van der Waals surface area contributed by atoms with E-state index in [0.29, 0.717) is 35.1 Å². The minimum Gasteiger partial charge on any atom is -0.489 e. The van der Waals surface area contributed by atoms with Crippen molar-refractivity contribution in [3.63, 3.8) is 0 Å². The molecular formula is C21H23FN4O3S. The number of nitrogens with one attached hydrogen (secondary N) is 1. The summed E-state index contributed by atoms with van der Waals surface area (Å²) in [6.45, 7) is 3.01. The molecule has 1 N–H and O–H groups in total. The summed E-state index contributed by atoms with van der Waals surface area (Å²) >= 11 is 0. The van der Waals surface area contributed by atoms with E-state index in [1.165, 1.54) is 18.5 Å². The van der Waals surface area contributed by atoms with E-state index < -0.39 is 9.73 Å². The van der Waals surface area contributed by atoms with E-state index in [9.17, 15) is 8.60 Å². The Hall–Kier alpha value is -2.78. The third-order valence-corrected chi connectivity index (χ3v) is 5.31. The third-order valence-electron chi connectivity index (χ3n) is 4.66. The summed E-state index contributed by atoms with van der Waals surface area (Å²) in [7, 11) is -2.29. The van der Waals surface area contributed by atoms with Crippen LogP contribution < -0.4 is 10.1 Å². The van der Waals surface area contributed by atoms with Crippen molar-refractivity contribution in [1.82, 2.24) is 9.97 Å². The van der Waals surface area contributed by atoms with Gasteiger partial charge in [-0.15, -0.1) is 0 Å². The number of rotatable bonds is 6. The summed E-state index contributed by atoms with van der Waals surface area (Å²) < 4.78 is 41.3. The molecule has 7 nitrogen and oxygen atoms in total. The van der Waals surface area contributed by atoms with E-state index in [2.05, 4.69) is 19.6 Å². The van der Waals surface area contributed by atoms with Gasteiger partial charge in [0.05, 0.1) is 23.0 Å². The van der Waals surface area contributed by atoms with E-state index in [1.807, 2.05) is 13.0 Å². The van der Waals surface area contributed by atoms with Crippen molar-refractivity contribution in [2.45, 2.75) is 19.4 Å². The summed E-state index contributed by atoms with van der Waals surface area (Å²) in [5.74, 6) is 0.565. The fourth-order valence-corrected chi connectivity index (χ4v) is 3.83. The molecule has 1 atom stereocenters. The second-order valence-corrected chi connectivity index (χ2v) is 10.1. The van der Waals surface area contributed by atoms with Crippen molar-refractivity contribution >= 4 is 37.8 Å². The first-order valence-corrected chi connectivity index (χ1v) is 11.8. The fourth-order valence-electron chi connectivity index (χ4n) is 3.22. The number of aromatic nitrogens is 2. The third kappa shape index (κ3) is 4.68. The number of ether oxygens (including phenoxy) is 2. The van der Waals surface area contributed by atoms with Crippen molar-refractivity contribution in [3.05, 3.63) is 48.0 Å². The Morgan fingerprint density at radius 1 is 1.30 bits per heavy atom. The second kappa shape index (κ2) is 8.16. The van der Waals surface area contributed by atoms with Crippen molar-refractivity contribution in [1.29, 1.82) is 0 Å². The number of hydrogen-bond acceptors (Lipinski definition) is 7. The molecule has 1 aliphatic rings. The first-order valence-electron chi connectivity index (χ1n) is 9.52. The van der Waals surface area contributed by atoms with Gasteiger partial charge in [-0.05, 0) is 36.8 Å². The van der Waals surface area contributed by atoms with Crippen LogP contribution >= 0.6 is 0 Å². The van der Waals surface area contributed by atoms with Crippen molar-refractivity contribution in [2.75, 3.05) is 31.0 Å². The van der Waals surface area contributed by atoms with Gasteiger partial charge < -0.3 is 14.8 Å². The molecule has 0 saturated carbocycles. The standard InChI is InChI=1S/C21H23FN4O3S/c1-13-8-15(26-30(2,3)27)10-18-20(13)21(24-12-23-18)25-17-5-4-14(22)9-19(17)29-11-16-6-7-28-16/h4-5,8-10,12,16H,6-7,11H2,1-3H3,(H,23,24,25). The maximum absolute atomic E-state index is 13.8. The highest BCUT2D eigenvalue weighted by Gasteiger charge is 2.20. The van der Waals surface area contributed by atoms with E-state index in [0.717, 1.165) is 24.0 Å². The van der Waals surface area contributed by atoms with Gasteiger partial charge in [0, 0.05) is 46.7 Å². The Morgan fingerprint density at radius 3 is 2.80 bits per heavy atom. The molecule has 2 aromatic carbocycles. The zero-order valence-corrected chi connectivity index (χ0v) is 17.8. The van der Waals surface area contributed by atoms with E-state index >= 15 is 0 Å². The maximum atomic E-state index is 13.8. The fraction of sp³-hybridized carbons (Fsp3) is 0.333. The molecule has 9 heteroatoms. The van der Waals surface area contributed by atoms with Gasteiger partial charge >= 0.3 is 0 Å². The highest BCUT2D eigenvalue weighted by molar-refractivity contribution is 7.92. The molecular weight excluding hydrogens is 407 g/mol. The van der Waals surface area contributed by atoms with Crippen LogP contribution in [-0.2, 0) is 14.5 Å². The molecule has 2 heterocycles. The van der Waals surface area contributed by atoms with Crippen LogP contribution in [0.25, 0.3) is 10.9 Å². The lowest BCUT2D eigenvalue weighted by Crippen LogP contribution is -2.32. The van der Waals surface area contributed by atoms with Gasteiger partial charge in [0.25, 0.3) is 0 Å². The first kappa shape index (κ1) is 20.5. The number of anilines is 2. The molecule has 0 amide bonds. The Balaban J connectivity index is 1.69. The number of benzene rings is 2. The molecule has 1 aliphatic heterocycles. The van der Waals surface area contributed by atoms with Crippen LogP contribution in [0.2, 0.25) is 0 Å². The van der Waals surface area contributed by atoms with Gasteiger partial charge in [-0.1, -0.05) is 0 Å². The van der Waals surface area contributed by atoms with Crippen molar-refractivity contribution in [3.8, 4) is 5.75 Å². The molecule has 3 aromatic rings. The van der Waals surface area contributed by atoms with Gasteiger partial charge in [0.1, 0.15) is 30.3 Å². The van der Waals surface area contributed by atoms with E-state index in [1.54, 1.807) is 24.6 Å². The zero-order valence-electron chi connectivity index (χ0n) is 17.0. The first-order chi connectivity index (χ1) is 14.3. The van der Waals surface area contributed by atoms with Crippen LogP contribution in [0.1, 0.15) is 12.0 Å². The van der Waals surface area contributed by atoms with Crippen LogP contribution in [0.5, 0.6) is 5.75 Å². The molecule has 0 radical (unpaired) electrons. The summed E-state index contributed by atoms with van der Waals surface area (Å²) in [6.07, 6.45) is 5.59. The zero-order chi connectivity index (χ0) is 21.3. The van der Waals surface area contributed by atoms with E-state index in [4.69, 9.17) is 9.47 Å². The Bertz CT molecular complexity index is 1210. The molecule has 30 heavy (non-hydrogen) atoms. The minimum absolute atomic E-state index is 0.0396. The highest BCUT2D eigenvalue weighted by atomic mass is 32.2. The molecule has 0 aliphatic carbocycles. The molecule has 4 rings (SSSR count). The smallest absolute Gasteiger partial charge is 0.145 e. The molecule has 0 bridgehead atoms. The summed E-state index contributed by atoms with van der Waals surface area (Å²) in [5, 5.41) is 4.04. The SMILES string of the molecule is Cc1cc(N=S(C)(C)=O)cc2ncnc(Nc3ccc(F)cc3OCC3CCO3)c12. The number of aryl methyl sites for hydroxylation is 1. The predicted molar refractivity (Wildman–Crippen MR) is 116 cm³/mol. The number of nitrogens with zero attached hydrogens (tertiary/aromatic N) is 3. The minimum atomic E-state index is -2.29. The number of halogens is 1. The topological polar surface area (TPSA) is 85.7 Å². The number of fused-ring (bicyclic) bond motifs is 1. The quantitative estimate of drug-likeness (QED) is 0.626. The monoisotopic (exact) mass is 430 g/mol. The van der Waals surface area contributed by atoms with Gasteiger partial charge in [0.2, 0.25) is 0 Å². The normalized spacial score (nSPS) is 16.2. The van der Waals surface area contributed by atoms with Gasteiger partial charge in [-0.25, -0.2) is 18.6 Å². The highest BCUT2D eigenvalue weighted by Crippen LogP contribution is 2.34. The second-order valence-electron chi connectivity index (χ2n) is 7.51. The molecule has 158 valence electrons. The lowest BCUT2D eigenvalue weighted by atomic mass is 10.1. The lowest BCUT2D eigenvalue weighted by molar-refractivity contribution is -0.0720. The van der Waals surface area contributed by atoms with Crippen molar-refractivity contribution in [2.24, 2.45) is 4.36 Å². The molecule has 1 unspecified atom stereocenters. The van der Waals surface area contributed by atoms with Gasteiger partial charge in [-0.2, -0.15) is 4.36 Å². The molecule has 1 fully saturated rings. The Morgan fingerprint density at radius 2 is 2.10 bits per heavy atom. The summed E-state index contributed by atoms with van der Waals surface area (Å²) in [4.78, 5) is 8.71. The summed E-state index contributed by atoms with van der Waals surface area (Å²) in [5.41, 5.74) is 2.74. The number of hydrogen-bond donors (Lipinski definition) is 1.